The van der Waals surface area contributed by atoms with E-state index in [9.17, 15) is 20.0 Å². The Labute approximate surface area is 167 Å². The second kappa shape index (κ2) is 9.50. The maximum atomic E-state index is 12.8. The molecule has 0 radical (unpaired) electrons. The normalized spacial score (nSPS) is 16.0. The van der Waals surface area contributed by atoms with Gasteiger partial charge in [0.05, 0.1) is 31.8 Å². The van der Waals surface area contributed by atoms with E-state index in [2.05, 4.69) is 0 Å². The van der Waals surface area contributed by atoms with E-state index in [1.165, 1.54) is 25.3 Å². The topological polar surface area (TPSA) is 141 Å². The Balaban J connectivity index is 2.69. The van der Waals surface area contributed by atoms with Gasteiger partial charge in [-0.3, -0.25) is 4.79 Å². The van der Waals surface area contributed by atoms with Crippen LogP contribution >= 0.6 is 0 Å². The highest BCUT2D eigenvalue weighted by Gasteiger charge is 2.38. The molecule has 0 amide bonds. The van der Waals surface area contributed by atoms with Crippen LogP contribution in [-0.4, -0.2) is 37.4 Å². The molecule has 2 rings (SSSR count). The van der Waals surface area contributed by atoms with Crippen LogP contribution in [0, 0.1) is 11.3 Å². The highest BCUT2D eigenvalue weighted by molar-refractivity contribution is 5.93. The summed E-state index contributed by atoms with van der Waals surface area (Å²) in [4.78, 5) is 24.8. The molecule has 1 aromatic rings. The van der Waals surface area contributed by atoms with Crippen LogP contribution in [0.4, 0.5) is 0 Å². The van der Waals surface area contributed by atoms with Crippen molar-refractivity contribution < 1.29 is 33.6 Å². The van der Waals surface area contributed by atoms with E-state index in [-0.39, 0.29) is 53.9 Å². The van der Waals surface area contributed by atoms with Crippen molar-refractivity contribution in [3.63, 3.8) is 0 Å². The number of aromatic hydroxyl groups is 1. The van der Waals surface area contributed by atoms with Crippen molar-refractivity contribution in [2.75, 3.05) is 20.3 Å². The maximum Gasteiger partial charge on any atom is 0.338 e. The first-order valence-corrected chi connectivity index (χ1v) is 8.88. The minimum atomic E-state index is -0.980. The van der Waals surface area contributed by atoms with Crippen LogP contribution in [0.25, 0.3) is 0 Å². The van der Waals surface area contributed by atoms with Crippen molar-refractivity contribution in [2.24, 2.45) is 5.73 Å². The smallest absolute Gasteiger partial charge is 0.338 e. The summed E-state index contributed by atoms with van der Waals surface area (Å²) >= 11 is 0. The Morgan fingerprint density at radius 1 is 1.28 bits per heavy atom. The molecule has 0 bridgehead atoms. The number of ether oxygens (including phenoxy) is 4. The summed E-state index contributed by atoms with van der Waals surface area (Å²) in [7, 11) is 1.37. The first kappa shape index (κ1) is 21.6. The highest BCUT2D eigenvalue weighted by atomic mass is 16.5. The van der Waals surface area contributed by atoms with Gasteiger partial charge in [-0.05, 0) is 31.5 Å². The molecular weight excluding hydrogens is 380 g/mol. The van der Waals surface area contributed by atoms with E-state index in [1.807, 2.05) is 6.07 Å². The molecule has 0 unspecified atom stereocenters. The molecule has 0 spiro atoms. The number of methoxy groups -OCH3 is 1. The lowest BCUT2D eigenvalue weighted by Gasteiger charge is -2.28. The third-order valence-corrected chi connectivity index (χ3v) is 4.14. The van der Waals surface area contributed by atoms with Crippen LogP contribution in [-0.2, 0) is 23.8 Å². The monoisotopic (exact) mass is 402 g/mol. The van der Waals surface area contributed by atoms with Gasteiger partial charge < -0.3 is 29.8 Å². The number of phenols is 1. The number of carbonyl (C=O) groups is 2. The van der Waals surface area contributed by atoms with Gasteiger partial charge in [-0.2, -0.15) is 5.26 Å². The maximum absolute atomic E-state index is 12.8. The number of nitrogens with zero attached hydrogens (tertiary/aromatic N) is 1. The number of hydrogen-bond donors (Lipinski definition) is 2. The molecule has 1 heterocycles. The van der Waals surface area contributed by atoms with Gasteiger partial charge in [-0.1, -0.05) is 6.07 Å². The lowest BCUT2D eigenvalue weighted by Crippen LogP contribution is -2.27. The zero-order valence-corrected chi connectivity index (χ0v) is 16.4. The third kappa shape index (κ3) is 4.60. The number of hydrogen-bond acceptors (Lipinski definition) is 9. The van der Waals surface area contributed by atoms with Crippen molar-refractivity contribution >= 4 is 11.9 Å². The first-order chi connectivity index (χ1) is 13.9. The van der Waals surface area contributed by atoms with Gasteiger partial charge in [0.25, 0.3) is 0 Å². The zero-order chi connectivity index (χ0) is 21.6. The van der Waals surface area contributed by atoms with E-state index >= 15 is 0 Å². The molecule has 0 saturated heterocycles. The second-order valence-corrected chi connectivity index (χ2v) is 5.90. The number of benzene rings is 1. The van der Waals surface area contributed by atoms with Crippen molar-refractivity contribution in [2.45, 2.75) is 26.2 Å². The molecule has 0 fully saturated rings. The Hall–Kier alpha value is -3.67. The van der Waals surface area contributed by atoms with Gasteiger partial charge >= 0.3 is 11.9 Å². The fourth-order valence-corrected chi connectivity index (χ4v) is 2.93. The van der Waals surface area contributed by atoms with Crippen LogP contribution < -0.4 is 10.5 Å². The average Bonchev–Trinajstić information content (AvgIpc) is 2.68. The number of nitrogens with two attached hydrogens (primary N) is 1. The summed E-state index contributed by atoms with van der Waals surface area (Å²) in [5, 5.41) is 19.5. The lowest BCUT2D eigenvalue weighted by molar-refractivity contribution is -0.143. The minimum Gasteiger partial charge on any atom is -0.504 e. The van der Waals surface area contributed by atoms with Gasteiger partial charge in [0.15, 0.2) is 11.5 Å². The van der Waals surface area contributed by atoms with Crippen molar-refractivity contribution in [1.29, 1.82) is 5.26 Å². The minimum absolute atomic E-state index is 0.0339. The molecule has 1 atom stereocenters. The van der Waals surface area contributed by atoms with E-state index in [1.54, 1.807) is 13.8 Å². The third-order valence-electron chi connectivity index (χ3n) is 4.14. The number of esters is 2. The number of phenolic OH excluding ortho intramolecular Hbond substituents is 1. The highest BCUT2D eigenvalue weighted by Crippen LogP contribution is 2.42. The first-order valence-electron chi connectivity index (χ1n) is 8.88. The fourth-order valence-electron chi connectivity index (χ4n) is 2.93. The molecule has 154 valence electrons. The van der Waals surface area contributed by atoms with Gasteiger partial charge in [0.1, 0.15) is 23.8 Å². The fraction of sp³-hybridized carbons (Fsp3) is 0.350. The Kier molecular flexibility index (Phi) is 7.09. The summed E-state index contributed by atoms with van der Waals surface area (Å²) < 4.78 is 20.6. The molecule has 1 aliphatic heterocycles. The van der Waals surface area contributed by atoms with Gasteiger partial charge in [0.2, 0.25) is 5.88 Å². The SMILES string of the molecule is CCOC(=O)CC1=C(C(=O)OCC)[C@H](c2ccc(O)c(OC)c2)C(C#N)=C(N)O1. The lowest BCUT2D eigenvalue weighted by atomic mass is 9.82. The molecule has 1 aliphatic rings. The van der Waals surface area contributed by atoms with E-state index in [0.717, 1.165) is 0 Å². The van der Waals surface area contributed by atoms with Gasteiger partial charge in [-0.15, -0.1) is 0 Å². The number of rotatable bonds is 7. The average molecular weight is 402 g/mol. The predicted octanol–water partition coefficient (Wildman–Crippen LogP) is 1.98. The van der Waals surface area contributed by atoms with Crippen LogP contribution in [0.15, 0.2) is 41.0 Å². The molecule has 0 aromatic heterocycles. The Morgan fingerprint density at radius 2 is 1.97 bits per heavy atom. The van der Waals surface area contributed by atoms with Gasteiger partial charge in [0, 0.05) is 0 Å². The summed E-state index contributed by atoms with van der Waals surface area (Å²) in [5.41, 5.74) is 6.26. The molecule has 3 N–H and O–H groups in total. The van der Waals surface area contributed by atoms with E-state index in [0.29, 0.717) is 5.56 Å². The molecule has 0 saturated carbocycles. The van der Waals surface area contributed by atoms with Crippen LogP contribution in [0.2, 0.25) is 0 Å². The summed E-state index contributed by atoms with van der Waals surface area (Å²) in [6, 6.07) is 6.30. The summed E-state index contributed by atoms with van der Waals surface area (Å²) in [6.45, 7) is 3.49. The molecular formula is C20H22N2O7. The Morgan fingerprint density at radius 3 is 2.55 bits per heavy atom. The van der Waals surface area contributed by atoms with Crippen LogP contribution in [0.5, 0.6) is 11.5 Å². The molecule has 0 aliphatic carbocycles. The summed E-state index contributed by atoms with van der Waals surface area (Å²) in [5.74, 6) is -2.64. The van der Waals surface area contributed by atoms with E-state index < -0.39 is 17.9 Å². The molecule has 1 aromatic carbocycles. The van der Waals surface area contributed by atoms with Crippen molar-refractivity contribution in [1.82, 2.24) is 0 Å². The zero-order valence-electron chi connectivity index (χ0n) is 16.4. The van der Waals surface area contributed by atoms with E-state index in [4.69, 9.17) is 24.7 Å². The Bertz CT molecular complexity index is 912. The van der Waals surface area contributed by atoms with Crippen LogP contribution in [0.1, 0.15) is 31.7 Å². The van der Waals surface area contributed by atoms with Gasteiger partial charge in [-0.25, -0.2) is 4.79 Å². The van der Waals surface area contributed by atoms with Crippen molar-refractivity contribution in [3.05, 3.63) is 46.6 Å². The number of allylic oxidation sites excluding steroid dienone is 1. The van der Waals surface area contributed by atoms with Crippen molar-refractivity contribution in [3.8, 4) is 17.6 Å². The molecule has 9 nitrogen and oxygen atoms in total. The number of carbonyl (C=O) groups excluding carboxylic acids is 2. The second-order valence-electron chi connectivity index (χ2n) is 5.90. The quantitative estimate of drug-likeness (QED) is 0.655. The molecule has 9 heteroatoms. The predicted molar refractivity (Wildman–Crippen MR) is 100 cm³/mol. The summed E-state index contributed by atoms with van der Waals surface area (Å²) in [6.07, 6.45) is -0.368. The molecule has 29 heavy (non-hydrogen) atoms. The number of nitriles is 1. The van der Waals surface area contributed by atoms with Crippen LogP contribution in [0.3, 0.4) is 0 Å². The standard InChI is InChI=1S/C20H22N2O7/c1-4-27-16(24)9-15-18(20(25)28-5-2)17(12(10-21)19(22)29-15)11-6-7-13(23)14(8-11)26-3/h6-8,17,23H,4-5,9,22H2,1-3H3/t17-/m1/s1. The largest absolute Gasteiger partial charge is 0.504 e.